The second kappa shape index (κ2) is 7.32. The SMILES string of the molecule is O=C(COC(=O)c1c(F)cccc1Cl)Nc1ccc2oc3ccccc3c2c1. The van der Waals surface area contributed by atoms with Gasteiger partial charge in [-0.15, -0.1) is 0 Å². The topological polar surface area (TPSA) is 68.5 Å². The summed E-state index contributed by atoms with van der Waals surface area (Å²) in [4.78, 5) is 24.1. The van der Waals surface area contributed by atoms with Gasteiger partial charge in [0, 0.05) is 16.5 Å². The number of halogens is 2. The summed E-state index contributed by atoms with van der Waals surface area (Å²) in [5.74, 6) is -2.38. The zero-order valence-corrected chi connectivity index (χ0v) is 15.1. The lowest BCUT2D eigenvalue weighted by Crippen LogP contribution is -2.21. The number of benzene rings is 3. The predicted octanol–water partition coefficient (Wildman–Crippen LogP) is 5.17. The van der Waals surface area contributed by atoms with Gasteiger partial charge in [0.05, 0.1) is 5.02 Å². The van der Waals surface area contributed by atoms with E-state index in [0.29, 0.717) is 11.3 Å². The minimum absolute atomic E-state index is 0.0808. The van der Waals surface area contributed by atoms with Gasteiger partial charge in [-0.3, -0.25) is 4.79 Å². The van der Waals surface area contributed by atoms with Crippen LogP contribution in [0.25, 0.3) is 21.9 Å². The summed E-state index contributed by atoms with van der Waals surface area (Å²) in [6, 6.07) is 16.6. The summed E-state index contributed by atoms with van der Waals surface area (Å²) in [7, 11) is 0. The monoisotopic (exact) mass is 397 g/mol. The maximum atomic E-state index is 13.7. The molecule has 0 fully saturated rings. The van der Waals surface area contributed by atoms with Crippen LogP contribution < -0.4 is 5.32 Å². The molecule has 28 heavy (non-hydrogen) atoms. The molecular formula is C21H13ClFNO4. The molecule has 5 nitrogen and oxygen atoms in total. The molecule has 0 atom stereocenters. The fourth-order valence-electron chi connectivity index (χ4n) is 2.90. The number of rotatable bonds is 4. The van der Waals surface area contributed by atoms with Gasteiger partial charge in [0.2, 0.25) is 0 Å². The van der Waals surface area contributed by atoms with Crippen molar-refractivity contribution in [1.82, 2.24) is 0 Å². The van der Waals surface area contributed by atoms with Crippen molar-refractivity contribution < 1.29 is 23.1 Å². The van der Waals surface area contributed by atoms with Crippen LogP contribution in [0.4, 0.5) is 10.1 Å². The van der Waals surface area contributed by atoms with Crippen LogP contribution >= 0.6 is 11.6 Å². The fourth-order valence-corrected chi connectivity index (χ4v) is 3.14. The zero-order chi connectivity index (χ0) is 19.7. The van der Waals surface area contributed by atoms with Crippen molar-refractivity contribution in [2.45, 2.75) is 0 Å². The van der Waals surface area contributed by atoms with Gasteiger partial charge in [-0.2, -0.15) is 0 Å². The van der Waals surface area contributed by atoms with E-state index < -0.39 is 29.9 Å². The van der Waals surface area contributed by atoms with Crippen molar-refractivity contribution in [3.05, 3.63) is 77.1 Å². The van der Waals surface area contributed by atoms with Crippen molar-refractivity contribution in [3.8, 4) is 0 Å². The Morgan fingerprint density at radius 1 is 1.00 bits per heavy atom. The molecule has 0 aliphatic heterocycles. The number of nitrogens with one attached hydrogen (secondary N) is 1. The Morgan fingerprint density at radius 3 is 2.61 bits per heavy atom. The second-order valence-corrected chi connectivity index (χ2v) is 6.44. The highest BCUT2D eigenvalue weighted by Gasteiger charge is 2.18. The van der Waals surface area contributed by atoms with E-state index in [1.54, 1.807) is 18.2 Å². The van der Waals surface area contributed by atoms with Gasteiger partial charge in [0.15, 0.2) is 6.61 Å². The number of hydrogen-bond donors (Lipinski definition) is 1. The molecule has 0 aliphatic carbocycles. The average Bonchev–Trinajstić information content (AvgIpc) is 3.04. The van der Waals surface area contributed by atoms with Crippen LogP contribution in [0.2, 0.25) is 5.02 Å². The van der Waals surface area contributed by atoms with E-state index in [-0.39, 0.29) is 5.02 Å². The minimum atomic E-state index is -1.01. The van der Waals surface area contributed by atoms with Crippen LogP contribution in [0.5, 0.6) is 0 Å². The highest BCUT2D eigenvalue weighted by atomic mass is 35.5. The van der Waals surface area contributed by atoms with Gasteiger partial charge in [-0.05, 0) is 36.4 Å². The third kappa shape index (κ3) is 3.42. The van der Waals surface area contributed by atoms with Crippen molar-refractivity contribution in [3.63, 3.8) is 0 Å². The molecule has 4 rings (SSSR count). The summed E-state index contributed by atoms with van der Waals surface area (Å²) in [6.45, 7) is -0.576. The Morgan fingerprint density at radius 2 is 1.79 bits per heavy atom. The summed E-state index contributed by atoms with van der Waals surface area (Å²) >= 11 is 5.81. The first kappa shape index (κ1) is 18.0. The number of amides is 1. The lowest BCUT2D eigenvalue weighted by Gasteiger charge is -2.08. The van der Waals surface area contributed by atoms with Crippen LogP contribution in [0.3, 0.4) is 0 Å². The molecule has 140 valence electrons. The largest absolute Gasteiger partial charge is 0.456 e. The van der Waals surface area contributed by atoms with Crippen LogP contribution in [0.1, 0.15) is 10.4 Å². The molecule has 0 radical (unpaired) electrons. The molecule has 1 heterocycles. The molecule has 0 saturated carbocycles. The number of hydrogen-bond acceptors (Lipinski definition) is 4. The Hall–Kier alpha value is -3.38. The van der Waals surface area contributed by atoms with Gasteiger partial charge < -0.3 is 14.5 Å². The molecule has 0 unspecified atom stereocenters. The van der Waals surface area contributed by atoms with Crippen molar-refractivity contribution >= 4 is 51.1 Å². The number of fused-ring (bicyclic) bond motifs is 3. The molecular weight excluding hydrogens is 385 g/mol. The Balaban J connectivity index is 1.46. The minimum Gasteiger partial charge on any atom is -0.456 e. The fraction of sp³-hybridized carbons (Fsp3) is 0.0476. The normalized spacial score (nSPS) is 10.9. The number of ether oxygens (including phenoxy) is 1. The van der Waals surface area contributed by atoms with E-state index in [1.165, 1.54) is 12.1 Å². The van der Waals surface area contributed by atoms with Crippen molar-refractivity contribution in [1.29, 1.82) is 0 Å². The molecule has 0 aliphatic rings. The first-order chi connectivity index (χ1) is 13.5. The number of anilines is 1. The summed E-state index contributed by atoms with van der Waals surface area (Å²) < 4.78 is 24.3. The number of carbonyl (C=O) groups is 2. The predicted molar refractivity (Wildman–Crippen MR) is 104 cm³/mol. The van der Waals surface area contributed by atoms with E-state index in [2.05, 4.69) is 5.32 Å². The van der Waals surface area contributed by atoms with Crippen molar-refractivity contribution in [2.75, 3.05) is 11.9 Å². The quantitative estimate of drug-likeness (QED) is 0.482. The highest BCUT2D eigenvalue weighted by Crippen LogP contribution is 2.30. The molecule has 3 aromatic carbocycles. The second-order valence-electron chi connectivity index (χ2n) is 6.03. The van der Waals surface area contributed by atoms with E-state index in [1.807, 2.05) is 24.3 Å². The summed E-state index contributed by atoms with van der Waals surface area (Å²) in [5, 5.41) is 4.33. The molecule has 7 heteroatoms. The number of furan rings is 1. The highest BCUT2D eigenvalue weighted by molar-refractivity contribution is 6.33. The lowest BCUT2D eigenvalue weighted by molar-refractivity contribution is -0.119. The molecule has 1 N–H and O–H groups in total. The van der Waals surface area contributed by atoms with Crippen LogP contribution in [-0.4, -0.2) is 18.5 Å². The number of esters is 1. The Kier molecular flexibility index (Phi) is 4.71. The average molecular weight is 398 g/mol. The molecule has 0 spiro atoms. The molecule has 0 bridgehead atoms. The van der Waals surface area contributed by atoms with Gasteiger partial charge in [-0.1, -0.05) is 35.9 Å². The smallest absolute Gasteiger partial charge is 0.343 e. The first-order valence-corrected chi connectivity index (χ1v) is 8.73. The van der Waals surface area contributed by atoms with Crippen molar-refractivity contribution in [2.24, 2.45) is 0 Å². The number of para-hydroxylation sites is 1. The lowest BCUT2D eigenvalue weighted by atomic mass is 10.1. The maximum absolute atomic E-state index is 13.7. The Labute approximate surface area is 163 Å². The van der Waals surface area contributed by atoms with Gasteiger partial charge in [0.25, 0.3) is 5.91 Å². The van der Waals surface area contributed by atoms with E-state index in [4.69, 9.17) is 20.8 Å². The van der Waals surface area contributed by atoms with E-state index in [0.717, 1.165) is 22.4 Å². The van der Waals surface area contributed by atoms with Gasteiger partial charge in [0.1, 0.15) is 22.5 Å². The summed E-state index contributed by atoms with van der Waals surface area (Å²) in [6.07, 6.45) is 0. The van der Waals surface area contributed by atoms with Crippen LogP contribution in [-0.2, 0) is 9.53 Å². The summed E-state index contributed by atoms with van der Waals surface area (Å²) in [5.41, 5.74) is 1.56. The molecule has 4 aromatic rings. The van der Waals surface area contributed by atoms with E-state index >= 15 is 0 Å². The zero-order valence-electron chi connectivity index (χ0n) is 14.4. The third-order valence-electron chi connectivity index (χ3n) is 4.16. The van der Waals surface area contributed by atoms with E-state index in [9.17, 15) is 14.0 Å². The first-order valence-electron chi connectivity index (χ1n) is 8.35. The van der Waals surface area contributed by atoms with Gasteiger partial charge >= 0.3 is 5.97 Å². The van der Waals surface area contributed by atoms with Crippen LogP contribution in [0, 0.1) is 5.82 Å². The van der Waals surface area contributed by atoms with Gasteiger partial charge in [-0.25, -0.2) is 9.18 Å². The molecule has 1 amide bonds. The number of carbonyl (C=O) groups excluding carboxylic acids is 2. The molecule has 1 aromatic heterocycles. The molecule has 0 saturated heterocycles. The third-order valence-corrected chi connectivity index (χ3v) is 4.48. The standard InChI is InChI=1S/C21H13ClFNO4/c22-15-5-3-6-16(23)20(15)21(26)27-11-19(25)24-12-8-9-18-14(10-12)13-4-1-2-7-17(13)28-18/h1-10H,11H2,(H,24,25). The Bertz CT molecular complexity index is 1200. The maximum Gasteiger partial charge on any atom is 0.343 e. The van der Waals surface area contributed by atoms with Crippen LogP contribution in [0.15, 0.2) is 65.1 Å².